The van der Waals surface area contributed by atoms with Gasteiger partial charge in [-0.05, 0) is 63.2 Å². The Hall–Kier alpha value is -1.02. The first-order valence-corrected chi connectivity index (χ1v) is 7.23. The van der Waals surface area contributed by atoms with Crippen LogP contribution in [-0.2, 0) is 6.54 Å². The summed E-state index contributed by atoms with van der Waals surface area (Å²) in [6, 6.07) is 9.54. The Balaban J connectivity index is 1.73. The topological polar surface area (TPSA) is 15.3 Å². The zero-order valence-corrected chi connectivity index (χ0v) is 11.5. The Kier molecular flexibility index (Phi) is 3.29. The van der Waals surface area contributed by atoms with Gasteiger partial charge in [-0.25, -0.2) is 0 Å². The quantitative estimate of drug-likeness (QED) is 0.825. The van der Waals surface area contributed by atoms with Crippen LogP contribution in [0.2, 0.25) is 0 Å². The van der Waals surface area contributed by atoms with Crippen molar-refractivity contribution in [1.29, 1.82) is 0 Å². The van der Waals surface area contributed by atoms with E-state index in [0.717, 1.165) is 24.4 Å². The second kappa shape index (κ2) is 4.93. The van der Waals surface area contributed by atoms with Crippen molar-refractivity contribution in [2.75, 3.05) is 19.4 Å². The lowest BCUT2D eigenvalue weighted by Crippen LogP contribution is -2.25. The molecule has 2 aliphatic carbocycles. The van der Waals surface area contributed by atoms with Gasteiger partial charge in [-0.1, -0.05) is 18.2 Å². The molecule has 0 aromatic heterocycles. The first-order valence-electron chi connectivity index (χ1n) is 7.23. The second-order valence-corrected chi connectivity index (χ2v) is 6.24. The molecule has 2 heteroatoms. The molecule has 98 valence electrons. The molecule has 0 saturated heterocycles. The van der Waals surface area contributed by atoms with Gasteiger partial charge in [0.1, 0.15) is 0 Å². The lowest BCUT2D eigenvalue weighted by Gasteiger charge is -2.22. The number of nitrogens with zero attached hydrogens (tertiary/aromatic N) is 1. The van der Waals surface area contributed by atoms with Crippen molar-refractivity contribution in [3.63, 3.8) is 0 Å². The van der Waals surface area contributed by atoms with Gasteiger partial charge in [0.15, 0.2) is 0 Å². The first kappa shape index (κ1) is 12.0. The second-order valence-electron chi connectivity index (χ2n) is 6.24. The molecule has 1 N–H and O–H groups in total. The molecule has 18 heavy (non-hydrogen) atoms. The summed E-state index contributed by atoms with van der Waals surface area (Å²) in [6.45, 7) is 1.02. The molecule has 2 aliphatic rings. The molecule has 0 atom stereocenters. The molecular weight excluding hydrogens is 220 g/mol. The molecule has 0 spiro atoms. The van der Waals surface area contributed by atoms with Crippen molar-refractivity contribution in [1.82, 2.24) is 4.90 Å². The summed E-state index contributed by atoms with van der Waals surface area (Å²) in [5.74, 6) is 1.90. The summed E-state index contributed by atoms with van der Waals surface area (Å²) in [5, 5.41) is 3.85. The maximum atomic E-state index is 3.85. The highest BCUT2D eigenvalue weighted by Gasteiger charge is 2.41. The van der Waals surface area contributed by atoms with Gasteiger partial charge in [0.25, 0.3) is 0 Å². The Labute approximate surface area is 110 Å². The van der Waals surface area contributed by atoms with Gasteiger partial charge in [0.2, 0.25) is 0 Å². The Bertz CT molecular complexity index is 393. The summed E-state index contributed by atoms with van der Waals surface area (Å²) in [7, 11) is 4.27. The molecule has 1 aromatic carbocycles. The largest absolute Gasteiger partial charge is 0.381 e. The average Bonchev–Trinajstić information content (AvgIpc) is 3.20. The van der Waals surface area contributed by atoms with E-state index in [1.807, 2.05) is 0 Å². The van der Waals surface area contributed by atoms with Crippen molar-refractivity contribution in [3.8, 4) is 0 Å². The van der Waals surface area contributed by atoms with Crippen molar-refractivity contribution in [2.24, 2.45) is 11.8 Å². The van der Waals surface area contributed by atoms with Gasteiger partial charge in [-0.15, -0.1) is 0 Å². The molecule has 0 radical (unpaired) electrons. The molecule has 0 aliphatic heterocycles. The zero-order chi connectivity index (χ0) is 12.5. The van der Waals surface area contributed by atoms with Crippen LogP contribution in [0.5, 0.6) is 0 Å². The van der Waals surface area contributed by atoms with E-state index in [2.05, 4.69) is 48.6 Å². The van der Waals surface area contributed by atoms with E-state index < -0.39 is 0 Å². The van der Waals surface area contributed by atoms with E-state index in [1.54, 1.807) is 0 Å². The zero-order valence-electron chi connectivity index (χ0n) is 11.5. The fourth-order valence-electron chi connectivity index (χ4n) is 2.85. The third-order valence-corrected chi connectivity index (χ3v) is 4.09. The fraction of sp³-hybridized carbons (Fsp3) is 0.625. The standard InChI is InChI=1S/C16H24N2/c1-18(2)11-14-5-3-4-6-15(14)17-16(12-7-8-12)13-9-10-13/h3-6,12-13,16-17H,7-11H2,1-2H3. The SMILES string of the molecule is CN(C)Cc1ccccc1NC(C1CC1)C1CC1. The number of hydrogen-bond donors (Lipinski definition) is 1. The minimum absolute atomic E-state index is 0.744. The molecule has 0 amide bonds. The van der Waals surface area contributed by atoms with E-state index in [4.69, 9.17) is 0 Å². The van der Waals surface area contributed by atoms with Gasteiger partial charge in [-0.2, -0.15) is 0 Å². The number of rotatable bonds is 6. The number of nitrogens with one attached hydrogen (secondary N) is 1. The summed E-state index contributed by atoms with van der Waals surface area (Å²) in [4.78, 5) is 2.24. The number of para-hydroxylation sites is 1. The van der Waals surface area contributed by atoms with Crippen molar-refractivity contribution in [2.45, 2.75) is 38.3 Å². The maximum absolute atomic E-state index is 3.85. The Morgan fingerprint density at radius 3 is 2.28 bits per heavy atom. The third-order valence-electron chi connectivity index (χ3n) is 4.09. The first-order chi connectivity index (χ1) is 8.74. The third kappa shape index (κ3) is 2.86. The van der Waals surface area contributed by atoms with Gasteiger partial charge in [0.05, 0.1) is 0 Å². The number of benzene rings is 1. The molecule has 2 fully saturated rings. The predicted molar refractivity (Wildman–Crippen MR) is 76.7 cm³/mol. The maximum Gasteiger partial charge on any atom is 0.0388 e. The molecule has 0 heterocycles. The number of hydrogen-bond acceptors (Lipinski definition) is 2. The van der Waals surface area contributed by atoms with Crippen LogP contribution in [0.15, 0.2) is 24.3 Å². The lowest BCUT2D eigenvalue weighted by molar-refractivity contribution is 0.402. The summed E-state index contributed by atoms with van der Waals surface area (Å²) >= 11 is 0. The van der Waals surface area contributed by atoms with Crippen LogP contribution in [0.25, 0.3) is 0 Å². The lowest BCUT2D eigenvalue weighted by atomic mass is 10.1. The van der Waals surface area contributed by atoms with E-state index in [1.165, 1.54) is 36.9 Å². The monoisotopic (exact) mass is 244 g/mol. The van der Waals surface area contributed by atoms with Gasteiger partial charge >= 0.3 is 0 Å². The molecular formula is C16H24N2. The van der Waals surface area contributed by atoms with Gasteiger partial charge < -0.3 is 10.2 Å². The fourth-order valence-corrected chi connectivity index (χ4v) is 2.85. The number of anilines is 1. The Morgan fingerprint density at radius 1 is 1.11 bits per heavy atom. The van der Waals surface area contributed by atoms with E-state index in [-0.39, 0.29) is 0 Å². The van der Waals surface area contributed by atoms with Crippen molar-refractivity contribution >= 4 is 5.69 Å². The summed E-state index contributed by atoms with van der Waals surface area (Å²) in [5.41, 5.74) is 2.78. The predicted octanol–water partition coefficient (Wildman–Crippen LogP) is 3.35. The van der Waals surface area contributed by atoms with Crippen LogP contribution in [0.1, 0.15) is 31.2 Å². The van der Waals surface area contributed by atoms with Crippen LogP contribution in [0.4, 0.5) is 5.69 Å². The van der Waals surface area contributed by atoms with Crippen LogP contribution < -0.4 is 5.32 Å². The van der Waals surface area contributed by atoms with E-state index in [9.17, 15) is 0 Å². The minimum atomic E-state index is 0.744. The van der Waals surface area contributed by atoms with Gasteiger partial charge in [0, 0.05) is 18.3 Å². The molecule has 2 saturated carbocycles. The summed E-state index contributed by atoms with van der Waals surface area (Å²) < 4.78 is 0. The molecule has 3 rings (SSSR count). The summed E-state index contributed by atoms with van der Waals surface area (Å²) in [6.07, 6.45) is 5.74. The average molecular weight is 244 g/mol. The van der Waals surface area contributed by atoms with Gasteiger partial charge in [-0.3, -0.25) is 0 Å². The van der Waals surface area contributed by atoms with Crippen LogP contribution >= 0.6 is 0 Å². The highest BCUT2D eigenvalue weighted by Crippen LogP contribution is 2.46. The minimum Gasteiger partial charge on any atom is -0.381 e. The smallest absolute Gasteiger partial charge is 0.0388 e. The van der Waals surface area contributed by atoms with E-state index >= 15 is 0 Å². The highest BCUT2D eigenvalue weighted by molar-refractivity contribution is 5.52. The highest BCUT2D eigenvalue weighted by atomic mass is 15.1. The van der Waals surface area contributed by atoms with E-state index in [0.29, 0.717) is 0 Å². The van der Waals surface area contributed by atoms with Crippen LogP contribution in [0, 0.1) is 11.8 Å². The molecule has 0 unspecified atom stereocenters. The molecule has 0 bridgehead atoms. The normalized spacial score (nSPS) is 19.6. The molecule has 1 aromatic rings. The molecule has 2 nitrogen and oxygen atoms in total. The van der Waals surface area contributed by atoms with Crippen LogP contribution in [0.3, 0.4) is 0 Å². The Morgan fingerprint density at radius 2 is 1.72 bits per heavy atom. The van der Waals surface area contributed by atoms with Crippen molar-refractivity contribution in [3.05, 3.63) is 29.8 Å². The van der Waals surface area contributed by atoms with Crippen LogP contribution in [-0.4, -0.2) is 25.0 Å². The van der Waals surface area contributed by atoms with Crippen molar-refractivity contribution < 1.29 is 0 Å².